The third-order valence-corrected chi connectivity index (χ3v) is 5.04. The van der Waals surface area contributed by atoms with Gasteiger partial charge in [0.05, 0.1) is 22.4 Å². The second kappa shape index (κ2) is 6.10. The molecule has 0 aliphatic carbocycles. The molecule has 0 saturated carbocycles. The number of aromatic nitrogens is 2. The lowest BCUT2D eigenvalue weighted by atomic mass is 10.1. The van der Waals surface area contributed by atoms with Gasteiger partial charge in [-0.15, -0.1) is 11.3 Å². The fourth-order valence-corrected chi connectivity index (χ4v) is 3.65. The van der Waals surface area contributed by atoms with Crippen LogP contribution in [0.1, 0.15) is 21.8 Å². The summed E-state index contributed by atoms with van der Waals surface area (Å²) in [7, 11) is 3.75. The number of nitrogens with zero attached hydrogens (tertiary/aromatic N) is 3. The molecule has 4 nitrogen and oxygen atoms in total. The van der Waals surface area contributed by atoms with E-state index in [-0.39, 0.29) is 5.91 Å². The normalized spacial score (nSPS) is 10.8. The smallest absolute Gasteiger partial charge is 0.227 e. The van der Waals surface area contributed by atoms with Crippen LogP contribution in [0.3, 0.4) is 0 Å². The van der Waals surface area contributed by atoms with Crippen LogP contribution in [0.2, 0.25) is 0 Å². The molecule has 2 aromatic heterocycles. The molecule has 0 fully saturated rings. The van der Waals surface area contributed by atoms with E-state index in [0.717, 1.165) is 20.7 Å². The van der Waals surface area contributed by atoms with Crippen molar-refractivity contribution in [1.29, 1.82) is 0 Å². The van der Waals surface area contributed by atoms with Crippen LogP contribution in [-0.4, -0.2) is 27.6 Å². The van der Waals surface area contributed by atoms with Gasteiger partial charge in [-0.3, -0.25) is 9.48 Å². The highest BCUT2D eigenvalue weighted by Crippen LogP contribution is 2.23. The maximum Gasteiger partial charge on any atom is 0.227 e. The van der Waals surface area contributed by atoms with Gasteiger partial charge in [-0.05, 0) is 41.9 Å². The van der Waals surface area contributed by atoms with Gasteiger partial charge in [0.1, 0.15) is 0 Å². The first kappa shape index (κ1) is 15.3. The second-order valence-electron chi connectivity index (χ2n) is 4.91. The molecule has 1 amide bonds. The first-order chi connectivity index (χ1) is 9.38. The van der Waals surface area contributed by atoms with Gasteiger partial charge in [0, 0.05) is 30.2 Å². The SMILES string of the molecule is Cc1nn(C)c(C)c1CC(=O)N(C)Cc1ccc(Br)s1. The number of halogens is 1. The fourth-order valence-electron chi connectivity index (χ4n) is 2.12. The minimum absolute atomic E-state index is 0.119. The largest absolute Gasteiger partial charge is 0.340 e. The number of carbonyl (C=O) groups excluding carboxylic acids is 1. The van der Waals surface area contributed by atoms with Gasteiger partial charge < -0.3 is 4.90 Å². The summed E-state index contributed by atoms with van der Waals surface area (Å²) in [5.41, 5.74) is 3.03. The molecule has 0 aliphatic heterocycles. The number of rotatable bonds is 4. The highest BCUT2D eigenvalue weighted by molar-refractivity contribution is 9.11. The van der Waals surface area contributed by atoms with Gasteiger partial charge in [-0.1, -0.05) is 0 Å². The van der Waals surface area contributed by atoms with Gasteiger partial charge in [0.15, 0.2) is 0 Å². The van der Waals surface area contributed by atoms with E-state index in [1.807, 2.05) is 44.8 Å². The third-order valence-electron chi connectivity index (χ3n) is 3.43. The molecule has 0 bridgehead atoms. The Balaban J connectivity index is 2.04. The first-order valence-corrected chi connectivity index (χ1v) is 7.96. The summed E-state index contributed by atoms with van der Waals surface area (Å²) >= 11 is 5.10. The molecule has 6 heteroatoms. The Labute approximate surface area is 131 Å². The van der Waals surface area contributed by atoms with E-state index in [2.05, 4.69) is 21.0 Å². The molecule has 2 aromatic rings. The average molecular weight is 356 g/mol. The van der Waals surface area contributed by atoms with Crippen LogP contribution in [0.25, 0.3) is 0 Å². The molecule has 0 spiro atoms. The van der Waals surface area contributed by atoms with E-state index >= 15 is 0 Å². The van der Waals surface area contributed by atoms with E-state index in [1.54, 1.807) is 16.2 Å². The Bertz CT molecular complexity index is 632. The number of carbonyl (C=O) groups is 1. The van der Waals surface area contributed by atoms with Crippen LogP contribution >= 0.6 is 27.3 Å². The summed E-state index contributed by atoms with van der Waals surface area (Å²) in [6.07, 6.45) is 0.411. The lowest BCUT2D eigenvalue weighted by Gasteiger charge is -2.16. The molecule has 0 aromatic carbocycles. The van der Waals surface area contributed by atoms with Gasteiger partial charge >= 0.3 is 0 Å². The van der Waals surface area contributed by atoms with Gasteiger partial charge in [0.25, 0.3) is 0 Å². The molecule has 108 valence electrons. The zero-order valence-electron chi connectivity index (χ0n) is 12.1. The summed E-state index contributed by atoms with van der Waals surface area (Å²) in [5, 5.41) is 4.35. The van der Waals surface area contributed by atoms with Crippen molar-refractivity contribution >= 4 is 33.2 Å². The van der Waals surface area contributed by atoms with Crippen molar-refractivity contribution in [1.82, 2.24) is 14.7 Å². The van der Waals surface area contributed by atoms with Crippen molar-refractivity contribution in [2.75, 3.05) is 7.05 Å². The summed E-state index contributed by atoms with van der Waals surface area (Å²) in [5.74, 6) is 0.119. The number of hydrogen-bond acceptors (Lipinski definition) is 3. The van der Waals surface area contributed by atoms with Crippen molar-refractivity contribution in [3.05, 3.63) is 37.7 Å². The zero-order valence-corrected chi connectivity index (χ0v) is 14.5. The molecule has 2 rings (SSSR count). The second-order valence-corrected chi connectivity index (χ2v) is 7.45. The highest BCUT2D eigenvalue weighted by atomic mass is 79.9. The van der Waals surface area contributed by atoms with Crippen molar-refractivity contribution in [2.45, 2.75) is 26.8 Å². The molecule has 2 heterocycles. The molecule has 0 radical (unpaired) electrons. The lowest BCUT2D eigenvalue weighted by Crippen LogP contribution is -2.27. The lowest BCUT2D eigenvalue weighted by molar-refractivity contribution is -0.129. The zero-order chi connectivity index (χ0) is 14.9. The molecular formula is C14H18BrN3OS. The summed E-state index contributed by atoms with van der Waals surface area (Å²) < 4.78 is 2.92. The van der Waals surface area contributed by atoms with Crippen LogP contribution in [0.4, 0.5) is 0 Å². The van der Waals surface area contributed by atoms with Gasteiger partial charge in [-0.25, -0.2) is 0 Å². The van der Waals surface area contributed by atoms with Crippen LogP contribution < -0.4 is 0 Å². The quantitative estimate of drug-likeness (QED) is 0.845. The molecular weight excluding hydrogens is 338 g/mol. The monoisotopic (exact) mass is 355 g/mol. The number of thiophene rings is 1. The minimum Gasteiger partial charge on any atom is -0.340 e. The fraction of sp³-hybridized carbons (Fsp3) is 0.429. The van der Waals surface area contributed by atoms with Crippen molar-refractivity contribution in [2.24, 2.45) is 7.05 Å². The molecule has 0 aliphatic rings. The Morgan fingerprint density at radius 1 is 1.45 bits per heavy atom. The molecule has 0 N–H and O–H groups in total. The summed E-state index contributed by atoms with van der Waals surface area (Å²) in [6.45, 7) is 4.60. The topological polar surface area (TPSA) is 38.1 Å². The Kier molecular flexibility index (Phi) is 4.65. The van der Waals surface area contributed by atoms with Crippen LogP contribution in [0.15, 0.2) is 15.9 Å². The van der Waals surface area contributed by atoms with Crippen molar-refractivity contribution in [3.63, 3.8) is 0 Å². The van der Waals surface area contributed by atoms with E-state index < -0.39 is 0 Å². The maximum atomic E-state index is 12.3. The van der Waals surface area contributed by atoms with Crippen LogP contribution in [0.5, 0.6) is 0 Å². The molecule has 20 heavy (non-hydrogen) atoms. The standard InChI is InChI=1S/C14H18BrN3OS/c1-9-12(10(2)18(4)16-9)7-14(19)17(3)8-11-5-6-13(15)20-11/h5-6H,7-8H2,1-4H3. The van der Waals surface area contributed by atoms with Gasteiger partial charge in [0.2, 0.25) is 5.91 Å². The maximum absolute atomic E-state index is 12.3. The predicted octanol–water partition coefficient (Wildman–Crippen LogP) is 3.06. The van der Waals surface area contributed by atoms with E-state index in [1.165, 1.54) is 4.88 Å². The number of likely N-dealkylation sites (N-methyl/N-ethyl adjacent to an activating group) is 1. The molecule has 0 atom stereocenters. The highest BCUT2D eigenvalue weighted by Gasteiger charge is 2.16. The van der Waals surface area contributed by atoms with E-state index in [9.17, 15) is 4.79 Å². The van der Waals surface area contributed by atoms with Crippen molar-refractivity contribution < 1.29 is 4.79 Å². The third kappa shape index (κ3) is 3.30. The summed E-state index contributed by atoms with van der Waals surface area (Å²) in [4.78, 5) is 15.3. The van der Waals surface area contributed by atoms with Crippen LogP contribution in [-0.2, 0) is 24.8 Å². The molecule has 0 unspecified atom stereocenters. The van der Waals surface area contributed by atoms with E-state index in [0.29, 0.717) is 13.0 Å². The number of hydrogen-bond donors (Lipinski definition) is 0. The molecule has 0 saturated heterocycles. The minimum atomic E-state index is 0.119. The predicted molar refractivity (Wildman–Crippen MR) is 84.9 cm³/mol. The first-order valence-electron chi connectivity index (χ1n) is 6.35. The number of aryl methyl sites for hydroxylation is 2. The summed E-state index contributed by atoms with van der Waals surface area (Å²) in [6, 6.07) is 4.05. The van der Waals surface area contributed by atoms with Gasteiger partial charge in [-0.2, -0.15) is 5.10 Å². The Morgan fingerprint density at radius 2 is 2.15 bits per heavy atom. The number of amides is 1. The average Bonchev–Trinajstić information content (AvgIpc) is 2.88. The van der Waals surface area contributed by atoms with Crippen molar-refractivity contribution in [3.8, 4) is 0 Å². The Hall–Kier alpha value is -1.14. The van der Waals surface area contributed by atoms with E-state index in [4.69, 9.17) is 0 Å². The van der Waals surface area contributed by atoms with Crippen LogP contribution in [0, 0.1) is 13.8 Å². The Morgan fingerprint density at radius 3 is 2.65 bits per heavy atom.